The molecule has 0 heterocycles. The first kappa shape index (κ1) is 15.1. The van der Waals surface area contributed by atoms with Crippen molar-refractivity contribution in [3.8, 4) is 0 Å². The van der Waals surface area contributed by atoms with E-state index in [1.807, 2.05) is 6.92 Å². The molecule has 0 radical (unpaired) electrons. The summed E-state index contributed by atoms with van der Waals surface area (Å²) in [6.45, 7) is 1.87. The van der Waals surface area contributed by atoms with Crippen LogP contribution in [0.1, 0.15) is 15.9 Å². The lowest BCUT2D eigenvalue weighted by atomic mass is 10.2. The Bertz CT molecular complexity index is 767. The highest BCUT2D eigenvalue weighted by Gasteiger charge is 2.21. The highest BCUT2D eigenvalue weighted by atomic mass is 32.2. The van der Waals surface area contributed by atoms with E-state index in [1.165, 1.54) is 37.4 Å². The summed E-state index contributed by atoms with van der Waals surface area (Å²) in [6, 6.07) is 12.3. The molecular formula is C15H15NO4S. The standard InChI is InChI=1S/C15H15NO4S/c1-11-6-8-14(9-7-11)21(19,20)16(2)13-5-3-4-12(10-13)15(17)18/h3-10H,1-2H3,(H,17,18). The number of rotatable bonds is 4. The second-order valence-corrected chi connectivity index (χ2v) is 6.61. The van der Waals surface area contributed by atoms with Gasteiger partial charge in [-0.3, -0.25) is 4.31 Å². The van der Waals surface area contributed by atoms with Gasteiger partial charge in [0.15, 0.2) is 0 Å². The fourth-order valence-corrected chi connectivity index (χ4v) is 3.03. The summed E-state index contributed by atoms with van der Waals surface area (Å²) in [5.41, 5.74) is 1.30. The molecule has 21 heavy (non-hydrogen) atoms. The van der Waals surface area contributed by atoms with Crippen LogP contribution in [0, 0.1) is 6.92 Å². The third-order valence-electron chi connectivity index (χ3n) is 3.14. The number of hydrogen-bond acceptors (Lipinski definition) is 3. The molecular weight excluding hydrogens is 290 g/mol. The van der Waals surface area contributed by atoms with Crippen LogP contribution in [0.2, 0.25) is 0 Å². The lowest BCUT2D eigenvalue weighted by molar-refractivity contribution is 0.0697. The van der Waals surface area contributed by atoms with Crippen molar-refractivity contribution in [2.24, 2.45) is 0 Å². The van der Waals surface area contributed by atoms with Crippen LogP contribution in [-0.2, 0) is 10.0 Å². The van der Waals surface area contributed by atoms with Crippen LogP contribution in [-0.4, -0.2) is 26.5 Å². The Hall–Kier alpha value is -2.34. The second kappa shape index (κ2) is 5.57. The Balaban J connectivity index is 2.43. The van der Waals surface area contributed by atoms with E-state index in [1.54, 1.807) is 18.2 Å². The van der Waals surface area contributed by atoms with Gasteiger partial charge in [0.1, 0.15) is 0 Å². The Kier molecular flexibility index (Phi) is 3.99. The Morgan fingerprint density at radius 3 is 2.29 bits per heavy atom. The van der Waals surface area contributed by atoms with Gasteiger partial charge in [-0.2, -0.15) is 0 Å². The quantitative estimate of drug-likeness (QED) is 0.942. The van der Waals surface area contributed by atoms with E-state index in [9.17, 15) is 13.2 Å². The SMILES string of the molecule is Cc1ccc(S(=O)(=O)N(C)c2cccc(C(=O)O)c2)cc1. The lowest BCUT2D eigenvalue weighted by Crippen LogP contribution is -2.26. The van der Waals surface area contributed by atoms with Crippen molar-refractivity contribution < 1.29 is 18.3 Å². The minimum atomic E-state index is -3.71. The van der Waals surface area contributed by atoms with Gasteiger partial charge in [0.25, 0.3) is 10.0 Å². The van der Waals surface area contributed by atoms with Crippen LogP contribution in [0.4, 0.5) is 5.69 Å². The third kappa shape index (κ3) is 3.05. The van der Waals surface area contributed by atoms with E-state index in [0.29, 0.717) is 5.69 Å². The zero-order chi connectivity index (χ0) is 15.6. The molecule has 0 bridgehead atoms. The normalized spacial score (nSPS) is 11.1. The zero-order valence-electron chi connectivity index (χ0n) is 11.6. The first-order valence-electron chi connectivity index (χ1n) is 6.21. The fraction of sp³-hybridized carbons (Fsp3) is 0.133. The van der Waals surface area contributed by atoms with Crippen molar-refractivity contribution in [1.82, 2.24) is 0 Å². The van der Waals surface area contributed by atoms with Gasteiger partial charge in [0.2, 0.25) is 0 Å². The monoisotopic (exact) mass is 305 g/mol. The van der Waals surface area contributed by atoms with Crippen molar-refractivity contribution in [2.75, 3.05) is 11.4 Å². The first-order chi connectivity index (χ1) is 9.82. The van der Waals surface area contributed by atoms with E-state index in [2.05, 4.69) is 0 Å². The number of carbonyl (C=O) groups is 1. The summed E-state index contributed by atoms with van der Waals surface area (Å²) in [5.74, 6) is -1.10. The maximum Gasteiger partial charge on any atom is 0.335 e. The van der Waals surface area contributed by atoms with Gasteiger partial charge < -0.3 is 5.11 Å². The number of benzene rings is 2. The molecule has 6 heteroatoms. The van der Waals surface area contributed by atoms with Crippen molar-refractivity contribution in [3.63, 3.8) is 0 Å². The first-order valence-corrected chi connectivity index (χ1v) is 7.65. The van der Waals surface area contributed by atoms with Gasteiger partial charge in [-0.05, 0) is 37.3 Å². The van der Waals surface area contributed by atoms with Gasteiger partial charge in [-0.1, -0.05) is 23.8 Å². The molecule has 0 aliphatic carbocycles. The minimum absolute atomic E-state index is 0.0402. The third-order valence-corrected chi connectivity index (χ3v) is 4.94. The molecule has 0 aliphatic heterocycles. The van der Waals surface area contributed by atoms with Crippen LogP contribution in [0.3, 0.4) is 0 Å². The molecule has 110 valence electrons. The predicted octanol–water partition coefficient (Wildman–Crippen LogP) is 2.52. The number of aryl methyl sites for hydroxylation is 1. The predicted molar refractivity (Wildman–Crippen MR) is 80.2 cm³/mol. The van der Waals surface area contributed by atoms with Crippen LogP contribution >= 0.6 is 0 Å². The van der Waals surface area contributed by atoms with Crippen molar-refractivity contribution >= 4 is 21.7 Å². The Morgan fingerprint density at radius 1 is 1.10 bits per heavy atom. The van der Waals surface area contributed by atoms with Gasteiger partial charge in [-0.25, -0.2) is 13.2 Å². The highest BCUT2D eigenvalue weighted by molar-refractivity contribution is 7.92. The number of sulfonamides is 1. The summed E-state index contributed by atoms with van der Waals surface area (Å²) < 4.78 is 26.1. The van der Waals surface area contributed by atoms with Crippen molar-refractivity contribution in [1.29, 1.82) is 0 Å². The molecule has 2 rings (SSSR count). The fourth-order valence-electron chi connectivity index (χ4n) is 1.84. The molecule has 0 atom stereocenters. The number of anilines is 1. The maximum absolute atomic E-state index is 12.5. The molecule has 2 aromatic carbocycles. The lowest BCUT2D eigenvalue weighted by Gasteiger charge is -2.20. The van der Waals surface area contributed by atoms with Crippen LogP contribution in [0.5, 0.6) is 0 Å². The molecule has 0 unspecified atom stereocenters. The molecule has 0 aliphatic rings. The summed E-state index contributed by atoms with van der Waals surface area (Å²) in [4.78, 5) is 11.1. The molecule has 1 N–H and O–H groups in total. The molecule has 0 amide bonds. The zero-order valence-corrected chi connectivity index (χ0v) is 12.5. The number of carboxylic acids is 1. The molecule has 2 aromatic rings. The second-order valence-electron chi connectivity index (χ2n) is 4.64. The molecule has 5 nitrogen and oxygen atoms in total. The van der Waals surface area contributed by atoms with Gasteiger partial charge in [-0.15, -0.1) is 0 Å². The molecule has 0 spiro atoms. The average Bonchev–Trinajstić information content (AvgIpc) is 2.47. The summed E-state index contributed by atoms with van der Waals surface area (Å²) in [7, 11) is -2.31. The Labute approximate surface area is 123 Å². The summed E-state index contributed by atoms with van der Waals surface area (Å²) in [6.07, 6.45) is 0. The molecule has 0 saturated carbocycles. The maximum atomic E-state index is 12.5. The minimum Gasteiger partial charge on any atom is -0.478 e. The average molecular weight is 305 g/mol. The van der Waals surface area contributed by atoms with E-state index in [-0.39, 0.29) is 10.5 Å². The molecule has 0 aromatic heterocycles. The van der Waals surface area contributed by atoms with Crippen LogP contribution < -0.4 is 4.31 Å². The molecule has 0 fully saturated rings. The summed E-state index contributed by atoms with van der Waals surface area (Å²) in [5, 5.41) is 8.97. The molecule has 0 saturated heterocycles. The number of carboxylic acid groups (broad SMARTS) is 1. The smallest absolute Gasteiger partial charge is 0.335 e. The van der Waals surface area contributed by atoms with E-state index >= 15 is 0 Å². The Morgan fingerprint density at radius 2 is 1.71 bits per heavy atom. The van der Waals surface area contributed by atoms with Crippen molar-refractivity contribution in [3.05, 3.63) is 59.7 Å². The van der Waals surface area contributed by atoms with E-state index in [0.717, 1.165) is 9.87 Å². The van der Waals surface area contributed by atoms with Gasteiger partial charge >= 0.3 is 5.97 Å². The number of hydrogen-bond donors (Lipinski definition) is 1. The van der Waals surface area contributed by atoms with Crippen LogP contribution in [0.15, 0.2) is 53.4 Å². The van der Waals surface area contributed by atoms with Crippen molar-refractivity contribution in [2.45, 2.75) is 11.8 Å². The topological polar surface area (TPSA) is 74.7 Å². The highest BCUT2D eigenvalue weighted by Crippen LogP contribution is 2.23. The van der Waals surface area contributed by atoms with Gasteiger partial charge in [0.05, 0.1) is 16.1 Å². The number of aromatic carboxylic acids is 1. The number of nitrogens with zero attached hydrogens (tertiary/aromatic N) is 1. The summed E-state index contributed by atoms with van der Waals surface area (Å²) >= 11 is 0. The largest absolute Gasteiger partial charge is 0.478 e. The van der Waals surface area contributed by atoms with E-state index in [4.69, 9.17) is 5.11 Å². The van der Waals surface area contributed by atoms with Crippen LogP contribution in [0.25, 0.3) is 0 Å². The van der Waals surface area contributed by atoms with E-state index < -0.39 is 16.0 Å². The van der Waals surface area contributed by atoms with Gasteiger partial charge in [0, 0.05) is 7.05 Å².